The summed E-state index contributed by atoms with van der Waals surface area (Å²) in [5.41, 5.74) is -0.377. The maximum absolute atomic E-state index is 14.2. The van der Waals surface area contributed by atoms with Gasteiger partial charge in [0.2, 0.25) is 16.0 Å². The molecule has 8 nitrogen and oxygen atoms in total. The molecular weight excluding hydrogens is 464 g/mol. The third-order valence-corrected chi connectivity index (χ3v) is 7.55. The first-order valence-corrected chi connectivity index (χ1v) is 12.6. The zero-order valence-electron chi connectivity index (χ0n) is 18.2. The lowest BCUT2D eigenvalue weighted by Crippen LogP contribution is -2.47. The molecule has 0 radical (unpaired) electrons. The highest BCUT2D eigenvalue weighted by molar-refractivity contribution is 7.88. The number of anilines is 2. The van der Waals surface area contributed by atoms with E-state index in [-0.39, 0.29) is 47.5 Å². The van der Waals surface area contributed by atoms with Crippen molar-refractivity contribution < 1.29 is 26.0 Å². The average Bonchev–Trinajstić information content (AvgIpc) is 3.06. The van der Waals surface area contributed by atoms with Crippen molar-refractivity contribution in [3.63, 3.8) is 0 Å². The molecule has 3 atom stereocenters. The monoisotopic (exact) mass is 490 g/mol. The van der Waals surface area contributed by atoms with Gasteiger partial charge in [0.25, 0.3) is 12.3 Å². The van der Waals surface area contributed by atoms with Gasteiger partial charge in [0, 0.05) is 37.1 Å². The van der Waals surface area contributed by atoms with Gasteiger partial charge in [0.1, 0.15) is 11.2 Å². The minimum atomic E-state index is -3.29. The van der Waals surface area contributed by atoms with Gasteiger partial charge in [-0.05, 0) is 31.2 Å². The van der Waals surface area contributed by atoms with Crippen LogP contribution < -0.4 is 10.6 Å². The summed E-state index contributed by atoms with van der Waals surface area (Å²) in [6.07, 6.45) is 0.415. The zero-order valence-corrected chi connectivity index (χ0v) is 19.0. The van der Waals surface area contributed by atoms with Crippen LogP contribution >= 0.6 is 0 Å². The molecule has 1 saturated heterocycles. The fourth-order valence-electron chi connectivity index (χ4n) is 4.40. The number of halogens is 4. The van der Waals surface area contributed by atoms with Gasteiger partial charge in [-0.3, -0.25) is 0 Å². The van der Waals surface area contributed by atoms with Crippen LogP contribution in [0.5, 0.6) is 0 Å². The van der Waals surface area contributed by atoms with Crippen molar-refractivity contribution in [1.29, 1.82) is 0 Å². The Morgan fingerprint density at radius 1 is 1.21 bits per heavy atom. The normalized spacial score (nSPS) is 26.1. The highest BCUT2D eigenvalue weighted by Crippen LogP contribution is 2.38. The van der Waals surface area contributed by atoms with E-state index in [4.69, 9.17) is 0 Å². The second-order valence-corrected chi connectivity index (χ2v) is 10.8. The summed E-state index contributed by atoms with van der Waals surface area (Å²) in [5, 5.41) is 6.08. The fourth-order valence-corrected chi connectivity index (χ4v) is 5.34. The van der Waals surface area contributed by atoms with Crippen LogP contribution in [0.15, 0.2) is 12.3 Å². The van der Waals surface area contributed by atoms with Gasteiger partial charge in [-0.15, -0.1) is 0 Å². The highest BCUT2D eigenvalue weighted by atomic mass is 32.2. The van der Waals surface area contributed by atoms with Crippen molar-refractivity contribution in [3.05, 3.63) is 18.0 Å². The quantitative estimate of drug-likeness (QED) is 0.597. The van der Waals surface area contributed by atoms with Crippen molar-refractivity contribution in [2.24, 2.45) is 5.92 Å². The van der Waals surface area contributed by atoms with Gasteiger partial charge >= 0.3 is 0 Å². The Morgan fingerprint density at radius 3 is 2.58 bits per heavy atom. The lowest BCUT2D eigenvalue weighted by Gasteiger charge is -2.35. The van der Waals surface area contributed by atoms with Gasteiger partial charge in [0.15, 0.2) is 5.82 Å². The van der Waals surface area contributed by atoms with Gasteiger partial charge in [-0.1, -0.05) is 6.92 Å². The number of sulfonamides is 1. The number of hydrogen-bond donors (Lipinski definition) is 2. The smallest absolute Gasteiger partial charge is 0.280 e. The standard InChI is InChI=1S/C20H26F4N6O2S/c1-11-10-30(33(2,31)32)7-5-13(11)27-19-25-9-12-8-14(17(21)22)26-18(16(12)29-19)28-15-4-3-6-20(15,23)24/h8-9,11,13,15,17H,3-7,10H2,1-2H3,(H,26,28)(H,25,27,29)/t11-,13+,15+/m1/s1. The molecule has 182 valence electrons. The number of piperidine rings is 1. The Kier molecular flexibility index (Phi) is 6.38. The molecule has 2 aromatic heterocycles. The molecule has 0 unspecified atom stereocenters. The van der Waals surface area contributed by atoms with Crippen molar-refractivity contribution in [2.75, 3.05) is 30.0 Å². The molecule has 2 aliphatic rings. The average molecular weight is 491 g/mol. The predicted molar refractivity (Wildman–Crippen MR) is 116 cm³/mol. The summed E-state index contributed by atoms with van der Waals surface area (Å²) >= 11 is 0. The molecule has 0 bridgehead atoms. The van der Waals surface area contributed by atoms with Gasteiger partial charge in [0.05, 0.1) is 12.3 Å². The van der Waals surface area contributed by atoms with E-state index in [1.165, 1.54) is 16.8 Å². The number of nitrogens with one attached hydrogen (secondary N) is 2. The van der Waals surface area contributed by atoms with Crippen LogP contribution in [-0.2, 0) is 10.0 Å². The Bertz CT molecular complexity index is 1130. The van der Waals surface area contributed by atoms with E-state index in [2.05, 4.69) is 25.6 Å². The van der Waals surface area contributed by atoms with Gasteiger partial charge in [-0.2, -0.15) is 0 Å². The Balaban J connectivity index is 1.61. The summed E-state index contributed by atoms with van der Waals surface area (Å²) in [4.78, 5) is 12.5. The second-order valence-electron chi connectivity index (χ2n) is 8.82. The molecule has 2 N–H and O–H groups in total. The van der Waals surface area contributed by atoms with Gasteiger partial charge in [-0.25, -0.2) is 45.2 Å². The Morgan fingerprint density at radius 2 is 1.97 bits per heavy atom. The molecule has 1 aliphatic heterocycles. The van der Waals surface area contributed by atoms with E-state index >= 15 is 0 Å². The minimum absolute atomic E-state index is 0.0399. The van der Waals surface area contributed by atoms with Gasteiger partial charge < -0.3 is 10.6 Å². The van der Waals surface area contributed by atoms with Crippen LogP contribution in [0.3, 0.4) is 0 Å². The zero-order chi connectivity index (χ0) is 24.0. The second kappa shape index (κ2) is 8.82. The Hall–Kier alpha value is -2.28. The summed E-state index contributed by atoms with van der Waals surface area (Å²) in [7, 11) is -3.29. The maximum atomic E-state index is 14.2. The molecule has 4 rings (SSSR count). The first-order chi connectivity index (χ1) is 15.4. The summed E-state index contributed by atoms with van der Waals surface area (Å²) in [5.74, 6) is -2.94. The van der Waals surface area contributed by atoms with E-state index in [1.54, 1.807) is 0 Å². The third-order valence-electron chi connectivity index (χ3n) is 6.28. The SMILES string of the molecule is C[C@@H]1CN(S(C)(=O)=O)CC[C@@H]1Nc1ncc2cc(C(F)F)nc(N[C@H]3CCCC3(F)F)c2n1. The summed E-state index contributed by atoms with van der Waals surface area (Å²) < 4.78 is 80.1. The van der Waals surface area contributed by atoms with Crippen molar-refractivity contribution in [3.8, 4) is 0 Å². The van der Waals surface area contributed by atoms with Crippen LogP contribution in [0.1, 0.15) is 44.7 Å². The topological polar surface area (TPSA) is 100 Å². The molecule has 1 aliphatic carbocycles. The van der Waals surface area contributed by atoms with Crippen LogP contribution in [0.4, 0.5) is 29.3 Å². The molecule has 3 heterocycles. The highest BCUT2D eigenvalue weighted by Gasteiger charge is 2.44. The molecular formula is C20H26F4N6O2S. The number of aromatic nitrogens is 3. The fraction of sp³-hybridized carbons (Fsp3) is 0.650. The molecule has 33 heavy (non-hydrogen) atoms. The largest absolute Gasteiger partial charge is 0.359 e. The number of hydrogen-bond acceptors (Lipinski definition) is 7. The molecule has 2 aromatic rings. The molecule has 1 saturated carbocycles. The predicted octanol–water partition coefficient (Wildman–Crippen LogP) is 3.64. The van der Waals surface area contributed by atoms with Crippen LogP contribution in [0, 0.1) is 5.92 Å². The van der Waals surface area contributed by atoms with Crippen molar-refractivity contribution >= 4 is 32.7 Å². The number of rotatable bonds is 6. The number of fused-ring (bicyclic) bond motifs is 1. The van der Waals surface area contributed by atoms with E-state index in [1.807, 2.05) is 6.92 Å². The minimum Gasteiger partial charge on any atom is -0.359 e. The van der Waals surface area contributed by atoms with Crippen molar-refractivity contribution in [2.45, 2.75) is 57.0 Å². The third kappa shape index (κ3) is 5.13. The van der Waals surface area contributed by atoms with Crippen molar-refractivity contribution in [1.82, 2.24) is 19.3 Å². The Labute approximate surface area is 189 Å². The molecule has 0 spiro atoms. The summed E-state index contributed by atoms with van der Waals surface area (Å²) in [6, 6.07) is -0.188. The number of nitrogens with zero attached hydrogens (tertiary/aromatic N) is 4. The van der Waals surface area contributed by atoms with Crippen LogP contribution in [0.25, 0.3) is 10.9 Å². The molecule has 13 heteroatoms. The summed E-state index contributed by atoms with van der Waals surface area (Å²) in [6.45, 7) is 2.59. The van der Waals surface area contributed by atoms with E-state index in [0.717, 1.165) is 6.07 Å². The van der Waals surface area contributed by atoms with E-state index in [0.29, 0.717) is 25.9 Å². The molecule has 2 fully saturated rings. The lowest BCUT2D eigenvalue weighted by molar-refractivity contribution is -0.000663. The van der Waals surface area contributed by atoms with Crippen LogP contribution in [0.2, 0.25) is 0 Å². The number of alkyl halides is 4. The van der Waals surface area contributed by atoms with Crippen LogP contribution in [-0.4, -0.2) is 65.0 Å². The molecule has 0 amide bonds. The molecule has 0 aromatic carbocycles. The van der Waals surface area contributed by atoms with E-state index in [9.17, 15) is 26.0 Å². The first kappa shape index (κ1) is 23.9. The van der Waals surface area contributed by atoms with E-state index < -0.39 is 34.1 Å². The lowest BCUT2D eigenvalue weighted by atomic mass is 9.95. The first-order valence-electron chi connectivity index (χ1n) is 10.8. The maximum Gasteiger partial charge on any atom is 0.280 e. The number of pyridine rings is 1.